The first-order chi connectivity index (χ1) is 13.3. The standard InChI is InChI=1S/C16H28N4O9/c1-6(2)11(19-13(25)8(17)5-21)14(26)20-12(7(3)22)15(27)18-9(16(28)29)4-10(23)24/h6-9,11-12,21-22H,4-5,17H2,1-3H3,(H,18,27)(H,19,25)(H,20,26)(H,23,24)(H,28,29). The van der Waals surface area contributed by atoms with E-state index in [-0.39, 0.29) is 0 Å². The highest BCUT2D eigenvalue weighted by Gasteiger charge is 2.34. The molecule has 0 heterocycles. The van der Waals surface area contributed by atoms with E-state index in [4.69, 9.17) is 21.1 Å². The molecule has 5 unspecified atom stereocenters. The minimum Gasteiger partial charge on any atom is -0.481 e. The molecule has 9 N–H and O–H groups in total. The second-order valence-electron chi connectivity index (χ2n) is 6.74. The highest BCUT2D eigenvalue weighted by molar-refractivity contribution is 5.95. The number of hydrogen-bond donors (Lipinski definition) is 8. The van der Waals surface area contributed by atoms with Gasteiger partial charge in [-0.25, -0.2) is 4.79 Å². The van der Waals surface area contributed by atoms with Gasteiger partial charge < -0.3 is 42.1 Å². The third-order valence-electron chi connectivity index (χ3n) is 3.84. The Labute approximate surface area is 166 Å². The summed E-state index contributed by atoms with van der Waals surface area (Å²) < 4.78 is 0. The summed E-state index contributed by atoms with van der Waals surface area (Å²) in [4.78, 5) is 58.5. The quantitative estimate of drug-likeness (QED) is 0.154. The number of nitrogens with two attached hydrogens (primary N) is 1. The van der Waals surface area contributed by atoms with Crippen LogP contribution in [0.4, 0.5) is 0 Å². The van der Waals surface area contributed by atoms with Crippen LogP contribution < -0.4 is 21.7 Å². The number of carbonyl (C=O) groups excluding carboxylic acids is 3. The molecule has 0 fully saturated rings. The Morgan fingerprint density at radius 1 is 0.862 bits per heavy atom. The number of carbonyl (C=O) groups is 5. The normalized spacial score (nSPS) is 16.1. The molecule has 0 aromatic rings. The third-order valence-corrected chi connectivity index (χ3v) is 3.84. The van der Waals surface area contributed by atoms with E-state index in [2.05, 4.69) is 10.6 Å². The van der Waals surface area contributed by atoms with Crippen molar-refractivity contribution in [2.75, 3.05) is 6.61 Å². The number of carboxylic acids is 2. The first-order valence-electron chi connectivity index (χ1n) is 8.72. The van der Waals surface area contributed by atoms with Crippen molar-refractivity contribution in [3.05, 3.63) is 0 Å². The molecule has 0 rings (SSSR count). The number of hydrogen-bond acceptors (Lipinski definition) is 8. The average molecular weight is 420 g/mol. The van der Waals surface area contributed by atoms with Gasteiger partial charge in [0, 0.05) is 0 Å². The fraction of sp³-hybridized carbons (Fsp3) is 0.688. The maximum absolute atomic E-state index is 12.5. The van der Waals surface area contributed by atoms with Gasteiger partial charge in [0.2, 0.25) is 17.7 Å². The maximum atomic E-state index is 12.5. The molecule has 0 saturated carbocycles. The zero-order valence-corrected chi connectivity index (χ0v) is 16.3. The minimum absolute atomic E-state index is 0.471. The van der Waals surface area contributed by atoms with Crippen molar-refractivity contribution < 1.29 is 44.4 Å². The molecule has 5 atom stereocenters. The van der Waals surface area contributed by atoms with Gasteiger partial charge in [0.1, 0.15) is 24.2 Å². The summed E-state index contributed by atoms with van der Waals surface area (Å²) in [5.74, 6) is -6.36. The van der Waals surface area contributed by atoms with Crippen molar-refractivity contribution in [2.45, 2.75) is 57.5 Å². The molecule has 3 amide bonds. The number of rotatable bonds is 12. The van der Waals surface area contributed by atoms with Crippen LogP contribution in [0.2, 0.25) is 0 Å². The molecule has 0 bridgehead atoms. The van der Waals surface area contributed by atoms with E-state index in [1.807, 2.05) is 5.32 Å². The number of nitrogens with one attached hydrogen (secondary N) is 3. The largest absolute Gasteiger partial charge is 0.481 e. The van der Waals surface area contributed by atoms with Crippen molar-refractivity contribution in [3.8, 4) is 0 Å². The fourth-order valence-electron chi connectivity index (χ4n) is 2.16. The van der Waals surface area contributed by atoms with Crippen molar-refractivity contribution in [3.63, 3.8) is 0 Å². The SMILES string of the molecule is CC(C)C(NC(=O)C(N)CO)C(=O)NC(C(=O)NC(CC(=O)O)C(=O)O)C(C)O. The Kier molecular flexibility index (Phi) is 10.8. The Balaban J connectivity index is 5.34. The molecule has 0 spiro atoms. The van der Waals surface area contributed by atoms with Gasteiger partial charge in [-0.1, -0.05) is 13.8 Å². The van der Waals surface area contributed by atoms with Crippen LogP contribution in [0.3, 0.4) is 0 Å². The van der Waals surface area contributed by atoms with Crippen LogP contribution in [0.1, 0.15) is 27.2 Å². The maximum Gasteiger partial charge on any atom is 0.326 e. The van der Waals surface area contributed by atoms with Gasteiger partial charge in [-0.2, -0.15) is 0 Å². The van der Waals surface area contributed by atoms with Crippen LogP contribution in [0.5, 0.6) is 0 Å². The summed E-state index contributed by atoms with van der Waals surface area (Å²) in [5.41, 5.74) is 5.38. The minimum atomic E-state index is -1.78. The molecule has 0 saturated heterocycles. The van der Waals surface area contributed by atoms with Crippen LogP contribution in [0.15, 0.2) is 0 Å². The van der Waals surface area contributed by atoms with E-state index in [0.29, 0.717) is 0 Å². The predicted octanol–water partition coefficient (Wildman–Crippen LogP) is -3.64. The number of aliphatic hydroxyl groups is 2. The molecule has 0 aromatic carbocycles. The molecule has 166 valence electrons. The lowest BCUT2D eigenvalue weighted by molar-refractivity contribution is -0.148. The Bertz CT molecular complexity index is 624. The smallest absolute Gasteiger partial charge is 0.326 e. The molecule has 0 aromatic heterocycles. The summed E-state index contributed by atoms with van der Waals surface area (Å²) in [6.07, 6.45) is -2.38. The lowest BCUT2D eigenvalue weighted by Crippen LogP contribution is -2.61. The molecule has 29 heavy (non-hydrogen) atoms. The summed E-state index contributed by atoms with van der Waals surface area (Å²) in [7, 11) is 0. The van der Waals surface area contributed by atoms with E-state index in [0.717, 1.165) is 6.92 Å². The van der Waals surface area contributed by atoms with E-state index in [9.17, 15) is 29.1 Å². The number of aliphatic carboxylic acids is 2. The number of aliphatic hydroxyl groups excluding tert-OH is 2. The summed E-state index contributed by atoms with van der Waals surface area (Å²) in [6, 6.07) is -5.85. The second-order valence-corrected chi connectivity index (χ2v) is 6.74. The summed E-state index contributed by atoms with van der Waals surface area (Å²) in [6.45, 7) is 3.67. The topological polar surface area (TPSA) is 228 Å². The average Bonchev–Trinajstić information content (AvgIpc) is 2.61. The van der Waals surface area contributed by atoms with Gasteiger partial charge in [-0.3, -0.25) is 19.2 Å². The first-order valence-corrected chi connectivity index (χ1v) is 8.72. The van der Waals surface area contributed by atoms with E-state index in [1.165, 1.54) is 0 Å². The zero-order valence-electron chi connectivity index (χ0n) is 16.3. The van der Waals surface area contributed by atoms with Crippen molar-refractivity contribution >= 4 is 29.7 Å². The van der Waals surface area contributed by atoms with Gasteiger partial charge in [-0.15, -0.1) is 0 Å². The predicted molar refractivity (Wildman–Crippen MR) is 97.3 cm³/mol. The Morgan fingerprint density at radius 2 is 1.34 bits per heavy atom. The van der Waals surface area contributed by atoms with Crippen LogP contribution in [0, 0.1) is 5.92 Å². The molecule has 13 nitrogen and oxygen atoms in total. The highest BCUT2D eigenvalue weighted by atomic mass is 16.4. The number of amides is 3. The van der Waals surface area contributed by atoms with Gasteiger partial charge in [0.15, 0.2) is 0 Å². The number of carboxylic acid groups (broad SMARTS) is 2. The fourth-order valence-corrected chi connectivity index (χ4v) is 2.16. The zero-order chi connectivity index (χ0) is 22.9. The lowest BCUT2D eigenvalue weighted by atomic mass is 10.0. The van der Waals surface area contributed by atoms with E-state index in [1.54, 1.807) is 13.8 Å². The van der Waals surface area contributed by atoms with Crippen LogP contribution in [-0.2, 0) is 24.0 Å². The van der Waals surface area contributed by atoms with E-state index < -0.39 is 78.9 Å². The van der Waals surface area contributed by atoms with Crippen molar-refractivity contribution in [1.82, 2.24) is 16.0 Å². The van der Waals surface area contributed by atoms with E-state index >= 15 is 0 Å². The molecule has 0 aliphatic heterocycles. The molecule has 0 aliphatic carbocycles. The van der Waals surface area contributed by atoms with Gasteiger partial charge >= 0.3 is 11.9 Å². The van der Waals surface area contributed by atoms with Gasteiger partial charge in [0.25, 0.3) is 0 Å². The molecule has 0 radical (unpaired) electrons. The Morgan fingerprint density at radius 3 is 1.72 bits per heavy atom. The molecule has 0 aliphatic rings. The monoisotopic (exact) mass is 420 g/mol. The highest BCUT2D eigenvalue weighted by Crippen LogP contribution is 2.05. The molecule has 13 heteroatoms. The molecular weight excluding hydrogens is 392 g/mol. The Hall–Kier alpha value is -2.77. The van der Waals surface area contributed by atoms with Crippen LogP contribution in [0.25, 0.3) is 0 Å². The van der Waals surface area contributed by atoms with Crippen molar-refractivity contribution in [1.29, 1.82) is 0 Å². The molecular formula is C16H28N4O9. The second kappa shape index (κ2) is 11.9. The van der Waals surface area contributed by atoms with Gasteiger partial charge in [-0.05, 0) is 12.8 Å². The van der Waals surface area contributed by atoms with Crippen molar-refractivity contribution in [2.24, 2.45) is 11.7 Å². The summed E-state index contributed by atoms with van der Waals surface area (Å²) >= 11 is 0. The van der Waals surface area contributed by atoms with Gasteiger partial charge in [0.05, 0.1) is 19.1 Å². The third kappa shape index (κ3) is 8.85. The summed E-state index contributed by atoms with van der Waals surface area (Å²) in [5, 5.41) is 42.9. The lowest BCUT2D eigenvalue weighted by Gasteiger charge is -2.27. The first kappa shape index (κ1) is 26.2. The van der Waals surface area contributed by atoms with Crippen LogP contribution >= 0.6 is 0 Å². The van der Waals surface area contributed by atoms with Crippen LogP contribution in [-0.4, -0.2) is 87.0 Å².